The van der Waals surface area contributed by atoms with Gasteiger partial charge in [0.2, 0.25) is 10.0 Å². The molecule has 0 atom stereocenters. The van der Waals surface area contributed by atoms with Crippen molar-refractivity contribution >= 4 is 21.6 Å². The first-order chi connectivity index (χ1) is 13.1. The van der Waals surface area contributed by atoms with E-state index in [1.807, 2.05) is 12.1 Å². The zero-order valence-corrected chi connectivity index (χ0v) is 16.4. The Morgan fingerprint density at radius 2 is 1.57 bits per heavy atom. The van der Waals surface area contributed by atoms with E-state index in [0.717, 1.165) is 55.5 Å². The van der Waals surface area contributed by atoms with Crippen LogP contribution in [0.5, 0.6) is 5.75 Å². The predicted octanol–water partition coefficient (Wildman–Crippen LogP) is 5.03. The summed E-state index contributed by atoms with van der Waals surface area (Å²) in [5, 5.41) is 0.610. The molecular formula is C19H19ClF3NO3S. The molecule has 1 aliphatic carbocycles. The number of ether oxygens (including phenoxy) is 1. The molecule has 1 saturated carbocycles. The van der Waals surface area contributed by atoms with Crippen molar-refractivity contribution in [3.63, 3.8) is 0 Å². The third-order valence-electron chi connectivity index (χ3n) is 4.99. The van der Waals surface area contributed by atoms with Crippen molar-refractivity contribution in [3.05, 3.63) is 59.1 Å². The fraction of sp³-hybridized carbons (Fsp3) is 0.368. The summed E-state index contributed by atoms with van der Waals surface area (Å²) in [5.41, 5.74) is 0.697. The molecule has 0 spiro atoms. The Balaban J connectivity index is 1.75. The first-order valence-corrected chi connectivity index (χ1v) is 10.6. The number of alkyl halides is 3. The lowest BCUT2D eigenvalue weighted by atomic mass is 9.79. The van der Waals surface area contributed by atoms with Crippen molar-refractivity contribution in [2.24, 2.45) is 0 Å². The van der Waals surface area contributed by atoms with Crippen molar-refractivity contribution in [3.8, 4) is 5.75 Å². The van der Waals surface area contributed by atoms with Gasteiger partial charge in [-0.15, -0.1) is 13.2 Å². The molecule has 4 nitrogen and oxygen atoms in total. The highest BCUT2D eigenvalue weighted by Gasteiger charge is 2.37. The molecule has 28 heavy (non-hydrogen) atoms. The zero-order chi connectivity index (χ0) is 20.4. The van der Waals surface area contributed by atoms with E-state index in [4.69, 9.17) is 11.6 Å². The van der Waals surface area contributed by atoms with Crippen molar-refractivity contribution in [2.75, 3.05) is 6.54 Å². The summed E-state index contributed by atoms with van der Waals surface area (Å²) in [6, 6.07) is 11.5. The molecule has 1 fully saturated rings. The quantitative estimate of drug-likeness (QED) is 0.695. The van der Waals surface area contributed by atoms with Gasteiger partial charge in [-0.1, -0.05) is 36.6 Å². The molecule has 0 amide bonds. The van der Waals surface area contributed by atoms with E-state index in [2.05, 4.69) is 9.46 Å². The van der Waals surface area contributed by atoms with Crippen LogP contribution in [0.2, 0.25) is 5.02 Å². The van der Waals surface area contributed by atoms with Gasteiger partial charge in [0.05, 0.1) is 4.90 Å². The van der Waals surface area contributed by atoms with Crippen molar-refractivity contribution in [1.29, 1.82) is 0 Å². The molecular weight excluding hydrogens is 415 g/mol. The molecule has 3 rings (SSSR count). The van der Waals surface area contributed by atoms with E-state index in [9.17, 15) is 21.6 Å². The van der Waals surface area contributed by atoms with Crippen LogP contribution in [-0.2, 0) is 15.4 Å². The Bertz CT molecular complexity index is 907. The molecule has 1 aliphatic rings. The average molecular weight is 434 g/mol. The van der Waals surface area contributed by atoms with Gasteiger partial charge >= 0.3 is 6.36 Å². The lowest BCUT2D eigenvalue weighted by Gasteiger charge is -2.30. The number of halogens is 4. The topological polar surface area (TPSA) is 55.4 Å². The fourth-order valence-electron chi connectivity index (χ4n) is 3.56. The van der Waals surface area contributed by atoms with Crippen molar-refractivity contribution in [1.82, 2.24) is 4.72 Å². The highest BCUT2D eigenvalue weighted by molar-refractivity contribution is 7.89. The molecule has 2 aromatic carbocycles. The second kappa shape index (κ2) is 7.93. The van der Waals surface area contributed by atoms with E-state index >= 15 is 0 Å². The number of sulfonamides is 1. The van der Waals surface area contributed by atoms with Gasteiger partial charge in [0.25, 0.3) is 0 Å². The highest BCUT2D eigenvalue weighted by Crippen LogP contribution is 2.41. The smallest absolute Gasteiger partial charge is 0.406 e. The van der Waals surface area contributed by atoms with Crippen LogP contribution in [0.3, 0.4) is 0 Å². The monoisotopic (exact) mass is 433 g/mol. The Kier molecular flexibility index (Phi) is 5.93. The second-order valence-corrected chi connectivity index (χ2v) is 9.04. The summed E-state index contributed by atoms with van der Waals surface area (Å²) in [4.78, 5) is -0.119. The van der Waals surface area contributed by atoms with E-state index in [0.29, 0.717) is 5.02 Å². The SMILES string of the molecule is O=S(=O)(NCC1(c2ccc(Cl)cc2)CCCC1)c1ccc(OC(F)(F)F)cc1. The first-order valence-electron chi connectivity index (χ1n) is 8.71. The normalized spacial score (nSPS) is 16.9. The van der Waals surface area contributed by atoms with E-state index in [1.165, 1.54) is 0 Å². The molecule has 0 bridgehead atoms. The van der Waals surface area contributed by atoms with Gasteiger partial charge in [0.1, 0.15) is 5.75 Å². The maximum Gasteiger partial charge on any atom is 0.573 e. The summed E-state index contributed by atoms with van der Waals surface area (Å²) < 4.78 is 68.3. The number of nitrogens with one attached hydrogen (secondary N) is 1. The zero-order valence-electron chi connectivity index (χ0n) is 14.8. The second-order valence-electron chi connectivity index (χ2n) is 6.84. The van der Waals surface area contributed by atoms with Gasteiger partial charge in [0.15, 0.2) is 0 Å². The molecule has 2 aromatic rings. The molecule has 0 saturated heterocycles. The van der Waals surface area contributed by atoms with Crippen LogP contribution in [0.25, 0.3) is 0 Å². The van der Waals surface area contributed by atoms with E-state index < -0.39 is 22.1 Å². The number of benzene rings is 2. The predicted molar refractivity (Wildman–Crippen MR) is 99.9 cm³/mol. The minimum absolute atomic E-state index is 0.119. The maximum atomic E-state index is 12.6. The van der Waals surface area contributed by atoms with Gasteiger partial charge in [-0.25, -0.2) is 13.1 Å². The summed E-state index contributed by atoms with van der Waals surface area (Å²) >= 11 is 5.95. The van der Waals surface area contributed by atoms with Crippen LogP contribution in [-0.4, -0.2) is 21.3 Å². The van der Waals surface area contributed by atoms with E-state index in [-0.39, 0.29) is 16.9 Å². The van der Waals surface area contributed by atoms with Crippen LogP contribution < -0.4 is 9.46 Å². The number of rotatable bonds is 6. The molecule has 9 heteroatoms. The molecule has 1 N–H and O–H groups in total. The van der Waals surface area contributed by atoms with Gasteiger partial charge in [-0.05, 0) is 54.8 Å². The Morgan fingerprint density at radius 1 is 1.00 bits per heavy atom. The van der Waals surface area contributed by atoms with Crippen LogP contribution in [0.4, 0.5) is 13.2 Å². The maximum absolute atomic E-state index is 12.6. The van der Waals surface area contributed by atoms with Gasteiger partial charge < -0.3 is 4.74 Å². The van der Waals surface area contributed by atoms with Gasteiger partial charge in [-0.3, -0.25) is 0 Å². The summed E-state index contributed by atoms with van der Waals surface area (Å²) in [6.45, 7) is 0.206. The Hall–Kier alpha value is -1.77. The lowest BCUT2D eigenvalue weighted by Crippen LogP contribution is -2.39. The third-order valence-corrected chi connectivity index (χ3v) is 6.65. The highest BCUT2D eigenvalue weighted by atomic mass is 35.5. The molecule has 152 valence electrons. The van der Waals surface area contributed by atoms with Crippen molar-refractivity contribution in [2.45, 2.75) is 42.4 Å². The molecule has 0 aliphatic heterocycles. The first kappa shape index (κ1) is 21.0. The van der Waals surface area contributed by atoms with Gasteiger partial charge in [-0.2, -0.15) is 0 Å². The molecule has 0 aromatic heterocycles. The van der Waals surface area contributed by atoms with Crippen LogP contribution in [0, 0.1) is 0 Å². The lowest BCUT2D eigenvalue weighted by molar-refractivity contribution is -0.274. The summed E-state index contributed by atoms with van der Waals surface area (Å²) in [6.07, 6.45) is -1.15. The van der Waals surface area contributed by atoms with Crippen molar-refractivity contribution < 1.29 is 26.3 Å². The average Bonchev–Trinajstić information content (AvgIpc) is 3.10. The summed E-state index contributed by atoms with van der Waals surface area (Å²) in [7, 11) is -3.88. The molecule has 0 heterocycles. The Morgan fingerprint density at radius 3 is 2.11 bits per heavy atom. The largest absolute Gasteiger partial charge is 0.573 e. The number of hydrogen-bond acceptors (Lipinski definition) is 3. The van der Waals surface area contributed by atoms with Crippen LogP contribution in [0.1, 0.15) is 31.2 Å². The third kappa shape index (κ3) is 4.98. The number of hydrogen-bond donors (Lipinski definition) is 1. The standard InChI is InChI=1S/C19H19ClF3NO3S/c20-15-5-3-14(4-6-15)18(11-1-2-12-18)13-24-28(25,26)17-9-7-16(8-10-17)27-19(21,22)23/h3-10,24H,1-2,11-13H2. The minimum Gasteiger partial charge on any atom is -0.406 e. The van der Waals surface area contributed by atoms with E-state index in [1.54, 1.807) is 12.1 Å². The molecule has 0 radical (unpaired) electrons. The van der Waals surface area contributed by atoms with Crippen LogP contribution >= 0.6 is 11.6 Å². The summed E-state index contributed by atoms with van der Waals surface area (Å²) in [5.74, 6) is -0.472. The van der Waals surface area contributed by atoms with Gasteiger partial charge in [0, 0.05) is 17.0 Å². The van der Waals surface area contributed by atoms with Crippen LogP contribution in [0.15, 0.2) is 53.4 Å². The minimum atomic E-state index is -4.83. The molecule has 0 unspecified atom stereocenters. The Labute approximate surface area is 166 Å². The fourth-order valence-corrected chi connectivity index (χ4v) is 4.81.